The quantitative estimate of drug-likeness (QED) is 0.161. The maximum atomic E-state index is 10.4. The van der Waals surface area contributed by atoms with E-state index in [2.05, 4.69) is 14.2 Å². The van der Waals surface area contributed by atoms with Gasteiger partial charge in [0.1, 0.15) is 19.8 Å². The molecule has 0 amide bonds. The Kier molecular flexibility index (Phi) is 29.3. The molecule has 0 fully saturated rings. The Morgan fingerprint density at radius 1 is 0.516 bits per heavy atom. The molecule has 12 nitrogen and oxygen atoms in total. The minimum atomic E-state index is -1.37. The number of esters is 3. The molecule has 0 atom stereocenters. The van der Waals surface area contributed by atoms with E-state index in [-0.39, 0.29) is 36.6 Å². The maximum Gasteiger partial charge on any atom is 3.00 e. The van der Waals surface area contributed by atoms with E-state index in [0.717, 1.165) is 0 Å². The summed E-state index contributed by atoms with van der Waals surface area (Å²) in [4.78, 5) is 60.5. The van der Waals surface area contributed by atoms with Gasteiger partial charge >= 0.3 is 35.3 Å². The van der Waals surface area contributed by atoms with Crippen molar-refractivity contribution in [2.45, 2.75) is 59.3 Å². The van der Waals surface area contributed by atoms with Crippen molar-refractivity contribution in [3.05, 3.63) is 0 Å². The SMILES string of the molecule is CCCC(=O)OCC(=O)[O-].CCCC(=O)OCC(=O)[O-].CCCC(=O)OCC(=O)[O-].[Al+3]. The van der Waals surface area contributed by atoms with Crippen LogP contribution in [0.15, 0.2) is 0 Å². The van der Waals surface area contributed by atoms with Crippen LogP contribution in [0, 0.1) is 0 Å². The van der Waals surface area contributed by atoms with Crippen LogP contribution in [0.5, 0.6) is 0 Å². The third-order valence-electron chi connectivity index (χ3n) is 2.42. The van der Waals surface area contributed by atoms with E-state index >= 15 is 0 Å². The van der Waals surface area contributed by atoms with E-state index in [1.807, 2.05) is 0 Å². The fraction of sp³-hybridized carbons (Fsp3) is 0.667. The molecular formula is C18H27AlO12. The number of carbonyl (C=O) groups excluding carboxylic acids is 6. The molecule has 13 heteroatoms. The summed E-state index contributed by atoms with van der Waals surface area (Å²) in [6.45, 7) is 3.50. The molecule has 174 valence electrons. The number of hydrogen-bond donors (Lipinski definition) is 0. The van der Waals surface area contributed by atoms with Gasteiger partial charge in [-0.15, -0.1) is 0 Å². The van der Waals surface area contributed by atoms with E-state index < -0.39 is 55.6 Å². The Bertz CT molecular complexity index is 472. The molecule has 0 heterocycles. The van der Waals surface area contributed by atoms with E-state index in [1.165, 1.54) is 0 Å². The predicted octanol–water partition coefficient (Wildman–Crippen LogP) is -3.14. The molecule has 0 bridgehead atoms. The molecule has 0 aliphatic carbocycles. The Morgan fingerprint density at radius 3 is 0.839 bits per heavy atom. The normalized spacial score (nSPS) is 8.61. The molecule has 0 aromatic heterocycles. The van der Waals surface area contributed by atoms with Gasteiger partial charge < -0.3 is 43.9 Å². The van der Waals surface area contributed by atoms with Crippen molar-refractivity contribution in [3.63, 3.8) is 0 Å². The van der Waals surface area contributed by atoms with Gasteiger partial charge in [-0.1, -0.05) is 20.8 Å². The summed E-state index contributed by atoms with van der Waals surface area (Å²) in [6.07, 6.45) is 2.75. The molecule has 0 N–H and O–H groups in total. The summed E-state index contributed by atoms with van der Waals surface area (Å²) in [5.41, 5.74) is 0. The molecule has 31 heavy (non-hydrogen) atoms. The number of carbonyl (C=O) groups is 6. The van der Waals surface area contributed by atoms with Gasteiger partial charge in [-0.05, 0) is 19.3 Å². The van der Waals surface area contributed by atoms with Gasteiger partial charge in [-0.3, -0.25) is 14.4 Å². The Balaban J connectivity index is -0.000000174. The second-order valence-corrected chi connectivity index (χ2v) is 5.35. The van der Waals surface area contributed by atoms with Gasteiger partial charge in [-0.25, -0.2) is 0 Å². The number of carboxylic acid groups (broad SMARTS) is 3. The van der Waals surface area contributed by atoms with Crippen molar-refractivity contribution in [1.29, 1.82) is 0 Å². The zero-order valence-electron chi connectivity index (χ0n) is 17.8. The van der Waals surface area contributed by atoms with E-state index in [0.29, 0.717) is 19.3 Å². The molecule has 0 aromatic rings. The largest absolute Gasteiger partial charge is 3.00 e. The molecule has 0 saturated carbocycles. The smallest absolute Gasteiger partial charge is 0.546 e. The second kappa shape index (κ2) is 25.4. The molecular weight excluding hydrogens is 435 g/mol. The summed E-state index contributed by atoms with van der Waals surface area (Å²) in [5, 5.41) is 29.2. The third kappa shape index (κ3) is 38.6. The number of rotatable bonds is 12. The van der Waals surface area contributed by atoms with Crippen LogP contribution in [0.2, 0.25) is 0 Å². The minimum Gasteiger partial charge on any atom is -0.546 e. The summed E-state index contributed by atoms with van der Waals surface area (Å²) < 4.78 is 12.7. The fourth-order valence-electron chi connectivity index (χ4n) is 1.25. The average Bonchev–Trinajstić information content (AvgIpc) is 2.65. The maximum absolute atomic E-state index is 10.4. The van der Waals surface area contributed by atoms with Gasteiger partial charge in [0.2, 0.25) is 0 Å². The topological polar surface area (TPSA) is 199 Å². The summed E-state index contributed by atoms with van der Waals surface area (Å²) in [5.74, 6) is -5.59. The molecule has 0 radical (unpaired) electrons. The van der Waals surface area contributed by atoms with E-state index in [9.17, 15) is 44.1 Å². The number of ether oxygens (including phenoxy) is 3. The van der Waals surface area contributed by atoms with Crippen LogP contribution in [0.1, 0.15) is 59.3 Å². The molecule has 0 saturated heterocycles. The minimum absolute atomic E-state index is 0. The molecule has 0 unspecified atom stereocenters. The molecule has 0 aliphatic heterocycles. The second-order valence-electron chi connectivity index (χ2n) is 5.35. The van der Waals surface area contributed by atoms with E-state index in [1.54, 1.807) is 20.8 Å². The van der Waals surface area contributed by atoms with Crippen molar-refractivity contribution >= 4 is 53.2 Å². The van der Waals surface area contributed by atoms with Crippen LogP contribution < -0.4 is 15.3 Å². The monoisotopic (exact) mass is 462 g/mol. The summed E-state index contributed by atoms with van der Waals surface area (Å²) >= 11 is 0. The Labute approximate surface area is 191 Å². The van der Waals surface area contributed by atoms with Crippen molar-refractivity contribution in [3.8, 4) is 0 Å². The van der Waals surface area contributed by atoms with Gasteiger partial charge in [0.15, 0.2) is 0 Å². The van der Waals surface area contributed by atoms with Crippen LogP contribution in [0.3, 0.4) is 0 Å². The van der Waals surface area contributed by atoms with Crippen LogP contribution in [0.25, 0.3) is 0 Å². The van der Waals surface area contributed by atoms with Gasteiger partial charge in [-0.2, -0.15) is 0 Å². The number of hydrogen-bond acceptors (Lipinski definition) is 12. The first kappa shape index (κ1) is 35.8. The molecule has 0 aliphatic rings. The third-order valence-corrected chi connectivity index (χ3v) is 2.42. The zero-order chi connectivity index (χ0) is 23.9. The number of carboxylic acids is 3. The number of aliphatic carboxylic acids is 3. The van der Waals surface area contributed by atoms with Crippen LogP contribution >= 0.6 is 0 Å². The molecule has 0 spiro atoms. The zero-order valence-corrected chi connectivity index (χ0v) is 19.0. The predicted molar refractivity (Wildman–Crippen MR) is 98.4 cm³/mol. The van der Waals surface area contributed by atoms with Crippen molar-refractivity contribution < 1.29 is 58.3 Å². The molecule has 0 aromatic carbocycles. The fourth-order valence-corrected chi connectivity index (χ4v) is 1.25. The Hall–Kier alpha value is -2.65. The Morgan fingerprint density at radius 2 is 0.710 bits per heavy atom. The van der Waals surface area contributed by atoms with Crippen LogP contribution in [-0.2, 0) is 43.0 Å². The average molecular weight is 462 g/mol. The van der Waals surface area contributed by atoms with Crippen molar-refractivity contribution in [2.75, 3.05) is 19.8 Å². The van der Waals surface area contributed by atoms with Crippen LogP contribution in [0.4, 0.5) is 0 Å². The van der Waals surface area contributed by atoms with Crippen molar-refractivity contribution in [1.82, 2.24) is 0 Å². The molecule has 0 rings (SSSR count). The van der Waals surface area contributed by atoms with Gasteiger partial charge in [0.05, 0.1) is 17.9 Å². The van der Waals surface area contributed by atoms with E-state index in [4.69, 9.17) is 0 Å². The van der Waals surface area contributed by atoms with Gasteiger partial charge in [0, 0.05) is 19.3 Å². The summed E-state index contributed by atoms with van der Waals surface area (Å²) in [7, 11) is 0. The van der Waals surface area contributed by atoms with Crippen LogP contribution in [-0.4, -0.2) is 73.0 Å². The van der Waals surface area contributed by atoms with Gasteiger partial charge in [0.25, 0.3) is 0 Å². The standard InChI is InChI=1S/3C6H10O4.Al/c3*1-2-3-6(9)10-4-5(7)8;/h3*2-4H2,1H3,(H,7,8);/q;;;+3/p-3. The first-order valence-electron chi connectivity index (χ1n) is 9.06. The van der Waals surface area contributed by atoms with Crippen molar-refractivity contribution in [2.24, 2.45) is 0 Å². The first-order chi connectivity index (χ1) is 14.0. The first-order valence-corrected chi connectivity index (χ1v) is 9.06. The summed E-state index contributed by atoms with van der Waals surface area (Å²) in [6, 6.07) is 0.